The second-order valence-corrected chi connectivity index (χ2v) is 7.29. The van der Waals surface area contributed by atoms with Crippen LogP contribution in [0.4, 0.5) is 0 Å². The summed E-state index contributed by atoms with van der Waals surface area (Å²) in [5.41, 5.74) is -0.142. The summed E-state index contributed by atoms with van der Waals surface area (Å²) < 4.78 is 0. The molecule has 98 valence electrons. The minimum absolute atomic E-state index is 0.142. The van der Waals surface area contributed by atoms with Gasteiger partial charge in [0.15, 0.2) is 0 Å². The minimum atomic E-state index is -0.142. The maximum absolute atomic E-state index is 8.96. The molecule has 2 nitrogen and oxygen atoms in total. The monoisotopic (exact) mass is 254 g/mol. The summed E-state index contributed by atoms with van der Waals surface area (Å²) in [6.07, 6.45) is 3.42. The molecule has 2 unspecified atom stereocenters. The number of nitriles is 1. The molecule has 1 heterocycles. The van der Waals surface area contributed by atoms with E-state index in [9.17, 15) is 0 Å². The lowest BCUT2D eigenvalue weighted by Gasteiger charge is -2.37. The first-order valence-corrected chi connectivity index (χ1v) is 7.78. The Balaban J connectivity index is 2.21. The van der Waals surface area contributed by atoms with E-state index in [4.69, 9.17) is 5.26 Å². The molecule has 17 heavy (non-hydrogen) atoms. The van der Waals surface area contributed by atoms with E-state index in [0.717, 1.165) is 11.7 Å². The second-order valence-electron chi connectivity index (χ2n) is 5.81. The third kappa shape index (κ3) is 4.89. The van der Waals surface area contributed by atoms with Gasteiger partial charge in [-0.25, -0.2) is 0 Å². The first-order chi connectivity index (χ1) is 7.96. The predicted molar refractivity (Wildman–Crippen MR) is 76.2 cm³/mol. The molecule has 1 fully saturated rings. The maximum Gasteiger partial charge on any atom is 0.0683 e. The van der Waals surface area contributed by atoms with Crippen molar-refractivity contribution in [3.8, 4) is 6.07 Å². The molecule has 1 saturated heterocycles. The molecular weight excluding hydrogens is 228 g/mol. The van der Waals surface area contributed by atoms with Gasteiger partial charge in [-0.15, -0.1) is 0 Å². The zero-order valence-electron chi connectivity index (χ0n) is 11.7. The molecule has 1 rings (SSSR count). The van der Waals surface area contributed by atoms with E-state index in [1.807, 2.05) is 13.8 Å². The zero-order valence-corrected chi connectivity index (χ0v) is 12.5. The van der Waals surface area contributed by atoms with E-state index in [1.54, 1.807) is 0 Å². The Kier molecular flexibility index (Phi) is 5.82. The van der Waals surface area contributed by atoms with E-state index in [0.29, 0.717) is 6.04 Å². The third-order valence-electron chi connectivity index (χ3n) is 3.81. The van der Waals surface area contributed by atoms with Gasteiger partial charge in [0.2, 0.25) is 0 Å². The molecule has 2 atom stereocenters. The number of unbranched alkanes of at least 4 members (excludes halogenated alkanes) is 1. The fourth-order valence-electron chi connectivity index (χ4n) is 2.25. The molecule has 0 aromatic heterocycles. The Hall–Kier alpha value is -0.200. The Bertz CT molecular complexity index is 270. The van der Waals surface area contributed by atoms with Crippen molar-refractivity contribution in [1.82, 2.24) is 4.90 Å². The van der Waals surface area contributed by atoms with Gasteiger partial charge in [0.25, 0.3) is 0 Å². The van der Waals surface area contributed by atoms with Crippen molar-refractivity contribution in [3.63, 3.8) is 0 Å². The summed E-state index contributed by atoms with van der Waals surface area (Å²) >= 11 is 2.09. The number of thioether (sulfide) groups is 1. The van der Waals surface area contributed by atoms with Crippen LogP contribution in [0.5, 0.6) is 0 Å². The zero-order chi connectivity index (χ0) is 12.9. The van der Waals surface area contributed by atoms with Crippen molar-refractivity contribution >= 4 is 11.8 Å². The number of hydrogen-bond acceptors (Lipinski definition) is 3. The van der Waals surface area contributed by atoms with E-state index in [2.05, 4.69) is 36.6 Å². The molecule has 0 aromatic carbocycles. The Morgan fingerprint density at radius 3 is 2.71 bits per heavy atom. The lowest BCUT2D eigenvalue weighted by Crippen LogP contribution is -2.44. The summed E-state index contributed by atoms with van der Waals surface area (Å²) in [7, 11) is 0. The van der Waals surface area contributed by atoms with Crippen LogP contribution in [0.2, 0.25) is 0 Å². The quantitative estimate of drug-likeness (QED) is 0.702. The van der Waals surface area contributed by atoms with Gasteiger partial charge in [-0.1, -0.05) is 13.3 Å². The third-order valence-corrected chi connectivity index (χ3v) is 5.15. The summed E-state index contributed by atoms with van der Waals surface area (Å²) in [4.78, 5) is 2.61. The largest absolute Gasteiger partial charge is 0.299 e. The van der Waals surface area contributed by atoms with Crippen LogP contribution in [-0.2, 0) is 0 Å². The fraction of sp³-hybridized carbons (Fsp3) is 0.929. The number of nitrogens with zero attached hydrogens (tertiary/aromatic N) is 2. The molecule has 0 amide bonds. The SMILES string of the molecule is CC1SCCN(CCCCC(C)(C)C#N)C1C. The molecule has 0 radical (unpaired) electrons. The van der Waals surface area contributed by atoms with Crippen molar-refractivity contribution < 1.29 is 0 Å². The smallest absolute Gasteiger partial charge is 0.0683 e. The minimum Gasteiger partial charge on any atom is -0.299 e. The molecule has 0 bridgehead atoms. The van der Waals surface area contributed by atoms with Crippen LogP contribution < -0.4 is 0 Å². The van der Waals surface area contributed by atoms with Crippen LogP contribution in [0.3, 0.4) is 0 Å². The van der Waals surface area contributed by atoms with Gasteiger partial charge in [0, 0.05) is 23.6 Å². The van der Waals surface area contributed by atoms with Crippen LogP contribution in [0, 0.1) is 16.7 Å². The van der Waals surface area contributed by atoms with Gasteiger partial charge in [-0.2, -0.15) is 17.0 Å². The van der Waals surface area contributed by atoms with E-state index in [1.165, 1.54) is 31.7 Å². The van der Waals surface area contributed by atoms with Crippen molar-refractivity contribution in [3.05, 3.63) is 0 Å². The van der Waals surface area contributed by atoms with Gasteiger partial charge < -0.3 is 0 Å². The summed E-state index contributed by atoms with van der Waals surface area (Å²) in [5.74, 6) is 1.27. The van der Waals surface area contributed by atoms with Crippen molar-refractivity contribution in [2.24, 2.45) is 5.41 Å². The standard InChI is InChI=1S/C14H26N2S/c1-12-13(2)17-10-9-16(12)8-6-5-7-14(3,4)11-15/h12-13H,5-10H2,1-4H3. The average molecular weight is 254 g/mol. The van der Waals surface area contributed by atoms with Crippen LogP contribution in [-0.4, -0.2) is 35.0 Å². The van der Waals surface area contributed by atoms with Crippen molar-refractivity contribution in [1.29, 1.82) is 5.26 Å². The van der Waals surface area contributed by atoms with Crippen LogP contribution in [0.15, 0.2) is 0 Å². The normalized spacial score (nSPS) is 26.8. The Morgan fingerprint density at radius 1 is 1.35 bits per heavy atom. The lowest BCUT2D eigenvalue weighted by atomic mass is 9.89. The molecule has 0 saturated carbocycles. The highest BCUT2D eigenvalue weighted by molar-refractivity contribution is 8.00. The first kappa shape index (κ1) is 14.9. The van der Waals surface area contributed by atoms with Gasteiger partial charge in [0.05, 0.1) is 11.5 Å². The highest BCUT2D eigenvalue weighted by Crippen LogP contribution is 2.25. The van der Waals surface area contributed by atoms with E-state index in [-0.39, 0.29) is 5.41 Å². The van der Waals surface area contributed by atoms with E-state index >= 15 is 0 Å². The summed E-state index contributed by atoms with van der Waals surface area (Å²) in [5, 5.41) is 9.72. The number of hydrogen-bond donors (Lipinski definition) is 0. The average Bonchev–Trinajstić information content (AvgIpc) is 2.30. The highest BCUT2D eigenvalue weighted by atomic mass is 32.2. The van der Waals surface area contributed by atoms with E-state index < -0.39 is 0 Å². The van der Waals surface area contributed by atoms with Crippen molar-refractivity contribution in [2.75, 3.05) is 18.8 Å². The molecule has 0 aromatic rings. The van der Waals surface area contributed by atoms with Crippen molar-refractivity contribution in [2.45, 2.75) is 58.2 Å². The summed E-state index contributed by atoms with van der Waals surface area (Å²) in [6.45, 7) is 11.2. The first-order valence-electron chi connectivity index (χ1n) is 6.73. The van der Waals surface area contributed by atoms with Crippen LogP contribution in [0.25, 0.3) is 0 Å². The fourth-order valence-corrected chi connectivity index (χ4v) is 3.41. The molecule has 0 N–H and O–H groups in total. The van der Waals surface area contributed by atoms with Gasteiger partial charge in [-0.05, 0) is 40.2 Å². The molecule has 1 aliphatic rings. The number of rotatable bonds is 5. The molecule has 3 heteroatoms. The van der Waals surface area contributed by atoms with Gasteiger partial charge >= 0.3 is 0 Å². The molecular formula is C14H26N2S. The Labute approximate surface area is 111 Å². The maximum atomic E-state index is 8.96. The van der Waals surface area contributed by atoms with Crippen LogP contribution in [0.1, 0.15) is 47.0 Å². The van der Waals surface area contributed by atoms with Gasteiger partial charge in [0.1, 0.15) is 0 Å². The molecule has 1 aliphatic heterocycles. The summed E-state index contributed by atoms with van der Waals surface area (Å²) in [6, 6.07) is 3.08. The van der Waals surface area contributed by atoms with Gasteiger partial charge in [-0.3, -0.25) is 4.90 Å². The lowest BCUT2D eigenvalue weighted by molar-refractivity contribution is 0.206. The highest BCUT2D eigenvalue weighted by Gasteiger charge is 2.24. The van der Waals surface area contributed by atoms with Crippen LogP contribution >= 0.6 is 11.8 Å². The predicted octanol–water partition coefficient (Wildman–Crippen LogP) is 3.53. The Morgan fingerprint density at radius 2 is 2.06 bits per heavy atom. The topological polar surface area (TPSA) is 27.0 Å². The molecule has 0 spiro atoms. The molecule has 0 aliphatic carbocycles. The second kappa shape index (κ2) is 6.66.